The number of nitrogens with zero attached hydrogens (tertiary/aromatic N) is 2. The van der Waals surface area contributed by atoms with Crippen molar-refractivity contribution in [2.75, 3.05) is 27.2 Å². The van der Waals surface area contributed by atoms with Crippen molar-refractivity contribution in [1.82, 2.24) is 9.80 Å². The monoisotopic (exact) mass is 340 g/mol. The van der Waals surface area contributed by atoms with Crippen LogP contribution in [-0.4, -0.2) is 48.9 Å². The lowest BCUT2D eigenvalue weighted by molar-refractivity contribution is -0.127. The molecule has 0 N–H and O–H groups in total. The molecule has 0 radical (unpaired) electrons. The van der Waals surface area contributed by atoms with E-state index in [1.807, 2.05) is 29.2 Å². The average molecular weight is 340 g/mol. The average Bonchev–Trinajstić information content (AvgIpc) is 3.09. The van der Waals surface area contributed by atoms with Gasteiger partial charge >= 0.3 is 0 Å². The maximum absolute atomic E-state index is 12.4. The molecule has 2 aromatic rings. The van der Waals surface area contributed by atoms with Crippen molar-refractivity contribution in [3.8, 4) is 10.4 Å². The Morgan fingerprint density at radius 1 is 1.21 bits per heavy atom. The van der Waals surface area contributed by atoms with Crippen molar-refractivity contribution < 1.29 is 4.79 Å². The van der Waals surface area contributed by atoms with Gasteiger partial charge in [-0.2, -0.15) is 0 Å². The second-order valence-corrected chi connectivity index (χ2v) is 7.56. The highest BCUT2D eigenvalue weighted by molar-refractivity contribution is 7.16. The summed E-state index contributed by atoms with van der Waals surface area (Å²) >= 11 is 1.71. The third-order valence-corrected chi connectivity index (χ3v) is 5.61. The number of thiophene rings is 1. The van der Waals surface area contributed by atoms with Gasteiger partial charge < -0.3 is 9.80 Å². The molecular formula is C20H24N2OS. The zero-order valence-corrected chi connectivity index (χ0v) is 15.1. The molecule has 1 aliphatic rings. The first kappa shape index (κ1) is 16.9. The summed E-state index contributed by atoms with van der Waals surface area (Å²) in [4.78, 5) is 19.0. The molecule has 3 rings (SSSR count). The van der Waals surface area contributed by atoms with Crippen molar-refractivity contribution >= 4 is 23.3 Å². The Labute approximate surface area is 148 Å². The lowest BCUT2D eigenvalue weighted by Gasteiger charge is -2.35. The fourth-order valence-corrected chi connectivity index (χ4v) is 3.95. The normalized spacial score (nSPS) is 18.5. The second kappa shape index (κ2) is 7.77. The van der Waals surface area contributed by atoms with Gasteiger partial charge in [-0.15, -0.1) is 11.3 Å². The summed E-state index contributed by atoms with van der Waals surface area (Å²) < 4.78 is 0. The first-order valence-electron chi connectivity index (χ1n) is 8.42. The Morgan fingerprint density at radius 2 is 2.00 bits per heavy atom. The minimum Gasteiger partial charge on any atom is -0.338 e. The quantitative estimate of drug-likeness (QED) is 0.786. The van der Waals surface area contributed by atoms with Crippen LogP contribution in [0, 0.1) is 0 Å². The number of hydrogen-bond acceptors (Lipinski definition) is 3. The lowest BCUT2D eigenvalue weighted by atomic mass is 10.0. The van der Waals surface area contributed by atoms with Crippen molar-refractivity contribution in [1.29, 1.82) is 0 Å². The van der Waals surface area contributed by atoms with Gasteiger partial charge in [0.2, 0.25) is 5.91 Å². The molecule has 1 aliphatic heterocycles. The highest BCUT2D eigenvalue weighted by Gasteiger charge is 2.23. The van der Waals surface area contributed by atoms with Crippen LogP contribution in [0.2, 0.25) is 0 Å². The molecule has 0 bridgehead atoms. The molecule has 0 aliphatic carbocycles. The van der Waals surface area contributed by atoms with Crippen molar-refractivity contribution in [2.24, 2.45) is 0 Å². The Bertz CT molecular complexity index is 705. The summed E-state index contributed by atoms with van der Waals surface area (Å²) in [5.74, 6) is 0.121. The topological polar surface area (TPSA) is 23.6 Å². The summed E-state index contributed by atoms with van der Waals surface area (Å²) in [6.07, 6.45) is 5.92. The van der Waals surface area contributed by atoms with E-state index in [9.17, 15) is 4.79 Å². The molecule has 1 amide bonds. The van der Waals surface area contributed by atoms with Gasteiger partial charge in [-0.05, 0) is 50.7 Å². The Morgan fingerprint density at radius 3 is 2.75 bits per heavy atom. The summed E-state index contributed by atoms with van der Waals surface area (Å²) in [7, 11) is 4.18. The van der Waals surface area contributed by atoms with Gasteiger partial charge in [-0.1, -0.05) is 30.3 Å². The first-order chi connectivity index (χ1) is 11.6. The highest BCUT2D eigenvalue weighted by Crippen LogP contribution is 2.28. The van der Waals surface area contributed by atoms with Crippen LogP contribution in [0.4, 0.5) is 0 Å². The van der Waals surface area contributed by atoms with Crippen LogP contribution in [0.25, 0.3) is 16.5 Å². The zero-order chi connectivity index (χ0) is 16.9. The smallest absolute Gasteiger partial charge is 0.246 e. The number of benzene rings is 1. The van der Waals surface area contributed by atoms with Gasteiger partial charge in [0, 0.05) is 35.0 Å². The van der Waals surface area contributed by atoms with E-state index in [-0.39, 0.29) is 5.91 Å². The maximum Gasteiger partial charge on any atom is 0.246 e. The molecule has 1 saturated heterocycles. The summed E-state index contributed by atoms with van der Waals surface area (Å²) in [6.45, 7) is 1.70. The van der Waals surface area contributed by atoms with Gasteiger partial charge in [0.1, 0.15) is 0 Å². The van der Waals surface area contributed by atoms with Gasteiger partial charge in [0.15, 0.2) is 0 Å². The SMILES string of the molecule is CN(C)C1CCCN(C(=O)/C=C/c2ccc(-c3ccccc3)s2)C1. The molecule has 126 valence electrons. The Balaban J connectivity index is 1.63. The summed E-state index contributed by atoms with van der Waals surface area (Å²) in [5.41, 5.74) is 1.22. The second-order valence-electron chi connectivity index (χ2n) is 6.45. The maximum atomic E-state index is 12.4. The van der Waals surface area contributed by atoms with E-state index >= 15 is 0 Å². The first-order valence-corrected chi connectivity index (χ1v) is 9.24. The van der Waals surface area contributed by atoms with Gasteiger partial charge in [-0.25, -0.2) is 0 Å². The number of carbonyl (C=O) groups is 1. The van der Waals surface area contributed by atoms with Crippen LogP contribution in [-0.2, 0) is 4.79 Å². The van der Waals surface area contributed by atoms with Crippen LogP contribution in [0.15, 0.2) is 48.5 Å². The molecule has 0 saturated carbocycles. The minimum absolute atomic E-state index is 0.121. The molecule has 1 fully saturated rings. The number of likely N-dealkylation sites (tertiary alicyclic amines) is 1. The van der Waals surface area contributed by atoms with Crippen LogP contribution in [0.1, 0.15) is 17.7 Å². The van der Waals surface area contributed by atoms with Crippen molar-refractivity contribution in [2.45, 2.75) is 18.9 Å². The minimum atomic E-state index is 0.121. The van der Waals surface area contributed by atoms with E-state index < -0.39 is 0 Å². The number of hydrogen-bond donors (Lipinski definition) is 0. The van der Waals surface area contributed by atoms with Crippen LogP contribution < -0.4 is 0 Å². The third-order valence-electron chi connectivity index (χ3n) is 4.51. The molecule has 2 heterocycles. The van der Waals surface area contributed by atoms with Crippen LogP contribution >= 0.6 is 11.3 Å². The van der Waals surface area contributed by atoms with Crippen LogP contribution in [0.5, 0.6) is 0 Å². The molecule has 4 heteroatoms. The fourth-order valence-electron chi connectivity index (χ4n) is 3.04. The standard InChI is InChI=1S/C20H24N2OS/c1-21(2)17-9-6-14-22(15-17)20(23)13-11-18-10-12-19(24-18)16-7-4-3-5-8-16/h3-5,7-8,10-13,17H,6,9,14-15H2,1-2H3/b13-11+. The molecule has 1 unspecified atom stereocenters. The van der Waals surface area contributed by atoms with E-state index in [2.05, 4.69) is 43.3 Å². The predicted molar refractivity (Wildman–Crippen MR) is 102 cm³/mol. The summed E-state index contributed by atoms with van der Waals surface area (Å²) in [6, 6.07) is 15.0. The third kappa shape index (κ3) is 4.13. The van der Waals surface area contributed by atoms with Gasteiger partial charge in [0.25, 0.3) is 0 Å². The Hall–Kier alpha value is -1.91. The van der Waals surface area contributed by atoms with Gasteiger partial charge in [-0.3, -0.25) is 4.79 Å². The largest absolute Gasteiger partial charge is 0.338 e. The lowest BCUT2D eigenvalue weighted by Crippen LogP contribution is -2.47. The Kier molecular flexibility index (Phi) is 5.48. The molecule has 3 nitrogen and oxygen atoms in total. The van der Waals surface area contributed by atoms with E-state index in [0.717, 1.165) is 24.4 Å². The van der Waals surface area contributed by atoms with Crippen LogP contribution in [0.3, 0.4) is 0 Å². The molecule has 1 aromatic carbocycles. The van der Waals surface area contributed by atoms with E-state index in [1.54, 1.807) is 17.4 Å². The molecule has 24 heavy (non-hydrogen) atoms. The fraction of sp³-hybridized carbons (Fsp3) is 0.350. The molecular weight excluding hydrogens is 316 g/mol. The van der Waals surface area contributed by atoms with E-state index in [1.165, 1.54) is 16.9 Å². The number of rotatable bonds is 4. The van der Waals surface area contributed by atoms with Gasteiger partial charge in [0.05, 0.1) is 0 Å². The number of amides is 1. The zero-order valence-electron chi connectivity index (χ0n) is 14.3. The highest BCUT2D eigenvalue weighted by atomic mass is 32.1. The number of piperidine rings is 1. The predicted octanol–water partition coefficient (Wildman–Crippen LogP) is 3.98. The number of likely N-dealkylation sites (N-methyl/N-ethyl adjacent to an activating group) is 1. The molecule has 1 atom stereocenters. The molecule has 1 aromatic heterocycles. The van der Waals surface area contributed by atoms with E-state index in [4.69, 9.17) is 0 Å². The number of carbonyl (C=O) groups excluding carboxylic acids is 1. The molecule has 0 spiro atoms. The van der Waals surface area contributed by atoms with Crippen molar-refractivity contribution in [3.05, 3.63) is 53.4 Å². The van der Waals surface area contributed by atoms with Crippen molar-refractivity contribution in [3.63, 3.8) is 0 Å². The van der Waals surface area contributed by atoms with E-state index in [0.29, 0.717) is 6.04 Å². The summed E-state index contributed by atoms with van der Waals surface area (Å²) in [5, 5.41) is 0.